The van der Waals surface area contributed by atoms with E-state index in [-0.39, 0.29) is 18.2 Å². The number of methoxy groups -OCH3 is 2. The molecule has 0 atom stereocenters. The maximum atomic E-state index is 12.2. The van der Waals surface area contributed by atoms with Crippen LogP contribution in [0.5, 0.6) is 11.5 Å². The van der Waals surface area contributed by atoms with Gasteiger partial charge >= 0.3 is 0 Å². The lowest BCUT2D eigenvalue weighted by Gasteiger charge is -2.11. The molecule has 0 bridgehead atoms. The molecule has 0 aliphatic heterocycles. The molecule has 2 aromatic rings. The van der Waals surface area contributed by atoms with Crippen LogP contribution in [-0.4, -0.2) is 26.0 Å². The summed E-state index contributed by atoms with van der Waals surface area (Å²) >= 11 is 0. The zero-order valence-corrected chi connectivity index (χ0v) is 14.6. The summed E-state index contributed by atoms with van der Waals surface area (Å²) in [6.45, 7) is 1.83. The van der Waals surface area contributed by atoms with Crippen LogP contribution in [0, 0.1) is 0 Å². The lowest BCUT2D eigenvalue weighted by Crippen LogP contribution is -2.24. The SMILES string of the molecule is COc1ccc(OC)c(CC(=O)NCc2cccc(NC(C)=O)c2)c1. The maximum absolute atomic E-state index is 12.2. The Kier molecular flexibility index (Phi) is 6.39. The third-order valence-electron chi connectivity index (χ3n) is 3.58. The van der Waals surface area contributed by atoms with Gasteiger partial charge in [-0.1, -0.05) is 12.1 Å². The Morgan fingerprint density at radius 3 is 2.52 bits per heavy atom. The molecule has 2 N–H and O–H groups in total. The van der Waals surface area contributed by atoms with Gasteiger partial charge in [-0.05, 0) is 35.9 Å². The number of carbonyl (C=O) groups excluding carboxylic acids is 2. The van der Waals surface area contributed by atoms with Crippen LogP contribution in [0.3, 0.4) is 0 Å². The van der Waals surface area contributed by atoms with Crippen molar-refractivity contribution in [3.05, 3.63) is 53.6 Å². The average Bonchev–Trinajstić information content (AvgIpc) is 2.59. The normalized spacial score (nSPS) is 10.0. The summed E-state index contributed by atoms with van der Waals surface area (Å²) in [5, 5.41) is 5.59. The third kappa shape index (κ3) is 5.53. The summed E-state index contributed by atoms with van der Waals surface area (Å²) in [6.07, 6.45) is 0.186. The van der Waals surface area contributed by atoms with E-state index >= 15 is 0 Å². The zero-order valence-electron chi connectivity index (χ0n) is 14.6. The van der Waals surface area contributed by atoms with Crippen molar-refractivity contribution in [1.82, 2.24) is 5.32 Å². The first-order chi connectivity index (χ1) is 12.0. The Morgan fingerprint density at radius 2 is 1.84 bits per heavy atom. The number of hydrogen-bond acceptors (Lipinski definition) is 4. The molecule has 0 spiro atoms. The molecule has 25 heavy (non-hydrogen) atoms. The Bertz CT molecular complexity index is 759. The van der Waals surface area contributed by atoms with E-state index in [0.717, 1.165) is 11.1 Å². The molecule has 0 aliphatic rings. The summed E-state index contributed by atoms with van der Waals surface area (Å²) in [4.78, 5) is 23.3. The van der Waals surface area contributed by atoms with Gasteiger partial charge in [-0.3, -0.25) is 9.59 Å². The Hall–Kier alpha value is -3.02. The third-order valence-corrected chi connectivity index (χ3v) is 3.58. The molecular formula is C19H22N2O4. The fourth-order valence-electron chi connectivity index (χ4n) is 2.42. The van der Waals surface area contributed by atoms with E-state index in [4.69, 9.17) is 9.47 Å². The van der Waals surface area contributed by atoms with Gasteiger partial charge in [0.2, 0.25) is 11.8 Å². The van der Waals surface area contributed by atoms with Crippen molar-refractivity contribution in [3.63, 3.8) is 0 Å². The van der Waals surface area contributed by atoms with Gasteiger partial charge in [0, 0.05) is 24.7 Å². The van der Waals surface area contributed by atoms with Crippen molar-refractivity contribution in [2.24, 2.45) is 0 Å². The monoisotopic (exact) mass is 342 g/mol. The maximum Gasteiger partial charge on any atom is 0.224 e. The van der Waals surface area contributed by atoms with Gasteiger partial charge in [0.15, 0.2) is 0 Å². The van der Waals surface area contributed by atoms with Crippen molar-refractivity contribution < 1.29 is 19.1 Å². The number of nitrogens with one attached hydrogen (secondary N) is 2. The second kappa shape index (κ2) is 8.73. The first-order valence-electron chi connectivity index (χ1n) is 7.86. The lowest BCUT2D eigenvalue weighted by molar-refractivity contribution is -0.120. The average molecular weight is 342 g/mol. The fourth-order valence-corrected chi connectivity index (χ4v) is 2.42. The van der Waals surface area contributed by atoms with E-state index in [9.17, 15) is 9.59 Å². The van der Waals surface area contributed by atoms with Crippen LogP contribution in [0.2, 0.25) is 0 Å². The molecule has 2 aromatic carbocycles. The predicted octanol–water partition coefficient (Wildman–Crippen LogP) is 2.52. The second-order valence-electron chi connectivity index (χ2n) is 5.51. The standard InChI is InChI=1S/C19H22N2O4/c1-13(22)21-16-6-4-5-14(9-16)12-20-19(23)11-15-10-17(24-2)7-8-18(15)25-3/h4-10H,11-12H2,1-3H3,(H,20,23)(H,21,22). The highest BCUT2D eigenvalue weighted by Gasteiger charge is 2.10. The Balaban J connectivity index is 1.98. The minimum absolute atomic E-state index is 0.128. The molecule has 0 unspecified atom stereocenters. The van der Waals surface area contributed by atoms with Crippen LogP contribution in [0.15, 0.2) is 42.5 Å². The summed E-state index contributed by atoms with van der Waals surface area (Å²) < 4.78 is 10.5. The first-order valence-corrected chi connectivity index (χ1v) is 7.86. The van der Waals surface area contributed by atoms with E-state index in [1.54, 1.807) is 38.5 Å². The summed E-state index contributed by atoms with van der Waals surface area (Å²) in [7, 11) is 3.14. The molecular weight excluding hydrogens is 320 g/mol. The van der Waals surface area contributed by atoms with E-state index in [2.05, 4.69) is 10.6 Å². The van der Waals surface area contributed by atoms with Crippen LogP contribution in [0.4, 0.5) is 5.69 Å². The van der Waals surface area contributed by atoms with Gasteiger partial charge in [0.1, 0.15) is 11.5 Å². The molecule has 6 heteroatoms. The molecule has 0 saturated carbocycles. The smallest absolute Gasteiger partial charge is 0.224 e. The van der Waals surface area contributed by atoms with Gasteiger partial charge in [-0.25, -0.2) is 0 Å². The van der Waals surface area contributed by atoms with E-state index in [1.807, 2.05) is 18.2 Å². The molecule has 2 amide bonds. The number of amides is 2. The molecule has 0 aromatic heterocycles. The predicted molar refractivity (Wildman–Crippen MR) is 95.8 cm³/mol. The van der Waals surface area contributed by atoms with Crippen molar-refractivity contribution >= 4 is 17.5 Å². The van der Waals surface area contributed by atoms with Crippen LogP contribution in [-0.2, 0) is 22.6 Å². The van der Waals surface area contributed by atoms with Crippen molar-refractivity contribution in [3.8, 4) is 11.5 Å². The van der Waals surface area contributed by atoms with Crippen molar-refractivity contribution in [2.45, 2.75) is 19.9 Å². The molecule has 2 rings (SSSR count). The topological polar surface area (TPSA) is 76.7 Å². The molecule has 0 fully saturated rings. The minimum Gasteiger partial charge on any atom is -0.497 e. The highest BCUT2D eigenvalue weighted by Crippen LogP contribution is 2.24. The van der Waals surface area contributed by atoms with Crippen LogP contribution in [0.1, 0.15) is 18.1 Å². The highest BCUT2D eigenvalue weighted by molar-refractivity contribution is 5.88. The van der Waals surface area contributed by atoms with Crippen LogP contribution < -0.4 is 20.1 Å². The van der Waals surface area contributed by atoms with E-state index in [0.29, 0.717) is 23.7 Å². The first kappa shape index (κ1) is 18.3. The van der Waals surface area contributed by atoms with Gasteiger partial charge in [0.25, 0.3) is 0 Å². The van der Waals surface area contributed by atoms with Crippen molar-refractivity contribution in [1.29, 1.82) is 0 Å². The Labute approximate surface area is 147 Å². The summed E-state index contributed by atoms with van der Waals surface area (Å²) in [5.41, 5.74) is 2.36. The Morgan fingerprint density at radius 1 is 1.04 bits per heavy atom. The number of ether oxygens (including phenoxy) is 2. The summed E-state index contributed by atoms with van der Waals surface area (Å²) in [6, 6.07) is 12.7. The van der Waals surface area contributed by atoms with Crippen LogP contribution >= 0.6 is 0 Å². The fraction of sp³-hybridized carbons (Fsp3) is 0.263. The van der Waals surface area contributed by atoms with Gasteiger partial charge in [0.05, 0.1) is 20.6 Å². The minimum atomic E-state index is -0.133. The molecule has 0 radical (unpaired) electrons. The second-order valence-corrected chi connectivity index (χ2v) is 5.51. The number of carbonyl (C=O) groups is 2. The summed E-state index contributed by atoms with van der Waals surface area (Å²) in [5.74, 6) is 1.05. The van der Waals surface area contributed by atoms with Gasteiger partial charge in [-0.15, -0.1) is 0 Å². The molecule has 0 heterocycles. The van der Waals surface area contributed by atoms with Gasteiger partial charge < -0.3 is 20.1 Å². The van der Waals surface area contributed by atoms with Crippen LogP contribution in [0.25, 0.3) is 0 Å². The number of rotatable bonds is 7. The molecule has 0 saturated heterocycles. The largest absolute Gasteiger partial charge is 0.497 e. The quantitative estimate of drug-likeness (QED) is 0.811. The molecule has 6 nitrogen and oxygen atoms in total. The number of anilines is 1. The number of hydrogen-bond donors (Lipinski definition) is 2. The van der Waals surface area contributed by atoms with E-state index < -0.39 is 0 Å². The zero-order chi connectivity index (χ0) is 18.2. The molecule has 132 valence electrons. The number of benzene rings is 2. The van der Waals surface area contributed by atoms with Crippen molar-refractivity contribution in [2.75, 3.05) is 19.5 Å². The highest BCUT2D eigenvalue weighted by atomic mass is 16.5. The lowest BCUT2D eigenvalue weighted by atomic mass is 10.1. The van der Waals surface area contributed by atoms with E-state index in [1.165, 1.54) is 6.92 Å². The molecule has 0 aliphatic carbocycles. The van der Waals surface area contributed by atoms with Gasteiger partial charge in [-0.2, -0.15) is 0 Å².